The molecular formula is C9H16ClNO3. The fraction of sp³-hybridized carbons (Fsp3) is 0.667. The summed E-state index contributed by atoms with van der Waals surface area (Å²) >= 11 is 0. The molecule has 4 nitrogen and oxygen atoms in total. The number of hydrogen-bond donors (Lipinski definition) is 1. The lowest BCUT2D eigenvalue weighted by Gasteiger charge is -2.08. The van der Waals surface area contributed by atoms with Crippen molar-refractivity contribution in [2.75, 3.05) is 20.3 Å². The van der Waals surface area contributed by atoms with Gasteiger partial charge in [0.25, 0.3) is 0 Å². The van der Waals surface area contributed by atoms with E-state index in [0.717, 1.165) is 0 Å². The van der Waals surface area contributed by atoms with Gasteiger partial charge in [-0.05, 0) is 0 Å². The Balaban J connectivity index is 0.00000169. The molecule has 0 aromatic heterocycles. The molecule has 0 spiro atoms. The van der Waals surface area contributed by atoms with E-state index in [4.69, 9.17) is 4.74 Å². The molecule has 0 amide bonds. The van der Waals surface area contributed by atoms with Crippen molar-refractivity contribution in [3.05, 3.63) is 12.7 Å². The predicted octanol–water partition coefficient (Wildman–Crippen LogP) is 0.514. The number of methoxy groups -OCH3 is 1. The molecule has 0 saturated carbocycles. The van der Waals surface area contributed by atoms with Gasteiger partial charge in [0.1, 0.15) is 6.04 Å². The number of carbonyl (C=O) groups excluding carboxylic acids is 1. The molecule has 14 heavy (non-hydrogen) atoms. The largest absolute Gasteiger partial charge is 0.468 e. The molecule has 0 aliphatic carbocycles. The summed E-state index contributed by atoms with van der Waals surface area (Å²) in [7, 11) is 1.39. The first-order valence-corrected chi connectivity index (χ1v) is 4.31. The molecule has 5 heteroatoms. The molecule has 2 atom stereocenters. The van der Waals surface area contributed by atoms with Gasteiger partial charge in [-0.3, -0.25) is 4.79 Å². The molecule has 1 saturated heterocycles. The summed E-state index contributed by atoms with van der Waals surface area (Å²) in [5.41, 5.74) is 0. The van der Waals surface area contributed by atoms with Crippen molar-refractivity contribution < 1.29 is 14.3 Å². The Morgan fingerprint density at radius 2 is 2.43 bits per heavy atom. The zero-order valence-corrected chi connectivity index (χ0v) is 9.01. The minimum absolute atomic E-state index is 0. The molecule has 0 aromatic carbocycles. The maximum Gasteiger partial charge on any atom is 0.322 e. The van der Waals surface area contributed by atoms with E-state index in [2.05, 4.69) is 16.6 Å². The van der Waals surface area contributed by atoms with Crippen molar-refractivity contribution >= 4 is 18.4 Å². The molecule has 1 heterocycles. The summed E-state index contributed by atoms with van der Waals surface area (Å²) in [6.07, 6.45) is 2.48. The summed E-state index contributed by atoms with van der Waals surface area (Å²) in [6, 6.07) is -0.209. The Morgan fingerprint density at radius 3 is 3.00 bits per heavy atom. The van der Waals surface area contributed by atoms with Crippen LogP contribution in [0.1, 0.15) is 6.42 Å². The highest BCUT2D eigenvalue weighted by Crippen LogP contribution is 2.11. The van der Waals surface area contributed by atoms with Gasteiger partial charge in [-0.25, -0.2) is 0 Å². The lowest BCUT2D eigenvalue weighted by molar-refractivity contribution is -0.142. The minimum atomic E-state index is -0.218. The third kappa shape index (κ3) is 3.65. The van der Waals surface area contributed by atoms with Gasteiger partial charge in [-0.2, -0.15) is 0 Å². The number of hydrogen-bond acceptors (Lipinski definition) is 4. The fourth-order valence-electron chi connectivity index (χ4n) is 1.36. The van der Waals surface area contributed by atoms with Crippen LogP contribution in [-0.4, -0.2) is 38.4 Å². The van der Waals surface area contributed by atoms with Crippen LogP contribution in [0.5, 0.6) is 0 Å². The number of halogens is 1. The van der Waals surface area contributed by atoms with E-state index < -0.39 is 0 Å². The van der Waals surface area contributed by atoms with E-state index >= 15 is 0 Å². The summed E-state index contributed by atoms with van der Waals surface area (Å²) in [5.74, 6) is -0.218. The van der Waals surface area contributed by atoms with Gasteiger partial charge in [-0.1, -0.05) is 6.08 Å². The fourth-order valence-corrected chi connectivity index (χ4v) is 1.36. The minimum Gasteiger partial charge on any atom is -0.468 e. The van der Waals surface area contributed by atoms with Gasteiger partial charge in [-0.15, -0.1) is 19.0 Å². The molecule has 1 fully saturated rings. The highest BCUT2D eigenvalue weighted by atomic mass is 35.5. The van der Waals surface area contributed by atoms with Gasteiger partial charge >= 0.3 is 5.97 Å². The van der Waals surface area contributed by atoms with Crippen LogP contribution in [0.15, 0.2) is 12.7 Å². The second-order valence-electron chi connectivity index (χ2n) is 2.96. The summed E-state index contributed by atoms with van der Waals surface area (Å²) in [5, 5.41) is 3.03. The van der Waals surface area contributed by atoms with Crippen LogP contribution in [0.4, 0.5) is 0 Å². The lowest BCUT2D eigenvalue weighted by atomic mass is 10.2. The Hall–Kier alpha value is -0.580. The highest BCUT2D eigenvalue weighted by molar-refractivity contribution is 5.85. The molecule has 1 aliphatic rings. The summed E-state index contributed by atoms with van der Waals surface area (Å²) < 4.78 is 10.00. The van der Waals surface area contributed by atoms with Crippen LogP contribution in [0.2, 0.25) is 0 Å². The molecule has 1 rings (SSSR count). The quantitative estimate of drug-likeness (QED) is 0.555. The third-order valence-electron chi connectivity index (χ3n) is 2.03. The lowest BCUT2D eigenvalue weighted by Crippen LogP contribution is -2.31. The average molecular weight is 222 g/mol. The Bertz CT molecular complexity index is 198. The van der Waals surface area contributed by atoms with Crippen LogP contribution >= 0.6 is 12.4 Å². The van der Waals surface area contributed by atoms with Crippen LogP contribution < -0.4 is 5.32 Å². The zero-order valence-electron chi connectivity index (χ0n) is 8.19. The summed E-state index contributed by atoms with van der Waals surface area (Å²) in [6.45, 7) is 4.78. The van der Waals surface area contributed by atoms with Crippen molar-refractivity contribution in [1.29, 1.82) is 0 Å². The van der Waals surface area contributed by atoms with Gasteiger partial charge in [0.15, 0.2) is 0 Å². The zero-order chi connectivity index (χ0) is 9.68. The highest BCUT2D eigenvalue weighted by Gasteiger charge is 2.30. The van der Waals surface area contributed by atoms with E-state index in [1.807, 2.05) is 0 Å². The molecule has 0 radical (unpaired) electrons. The van der Waals surface area contributed by atoms with Crippen LogP contribution in [0.25, 0.3) is 0 Å². The molecule has 0 aromatic rings. The normalized spacial score (nSPS) is 25.2. The van der Waals surface area contributed by atoms with E-state index in [9.17, 15) is 4.79 Å². The predicted molar refractivity (Wildman–Crippen MR) is 55.6 cm³/mol. The molecule has 0 bridgehead atoms. The second kappa shape index (κ2) is 6.81. The third-order valence-corrected chi connectivity index (χ3v) is 2.03. The monoisotopic (exact) mass is 221 g/mol. The maximum absolute atomic E-state index is 11.1. The van der Waals surface area contributed by atoms with Crippen LogP contribution in [-0.2, 0) is 14.3 Å². The smallest absolute Gasteiger partial charge is 0.322 e. The van der Waals surface area contributed by atoms with Gasteiger partial charge in [0.2, 0.25) is 0 Å². The molecule has 0 unspecified atom stereocenters. The summed E-state index contributed by atoms with van der Waals surface area (Å²) in [4.78, 5) is 11.1. The average Bonchev–Trinajstić information content (AvgIpc) is 2.62. The van der Waals surface area contributed by atoms with Gasteiger partial charge in [0.05, 0.1) is 19.8 Å². The standard InChI is InChI=1S/C9H15NO3.ClH/c1-3-4-13-7-5-8(10-6-7)9(11)12-2;/h3,7-8,10H,1,4-6H2,2H3;1H/t7-,8+;/m1./s1. The molecule has 82 valence electrons. The molecular weight excluding hydrogens is 206 g/mol. The van der Waals surface area contributed by atoms with Crippen molar-refractivity contribution in [3.8, 4) is 0 Å². The Labute approximate surface area is 90.1 Å². The van der Waals surface area contributed by atoms with Crippen LogP contribution in [0, 0.1) is 0 Å². The van der Waals surface area contributed by atoms with Crippen molar-refractivity contribution in [2.24, 2.45) is 0 Å². The van der Waals surface area contributed by atoms with Crippen molar-refractivity contribution in [1.82, 2.24) is 5.32 Å². The second-order valence-corrected chi connectivity index (χ2v) is 2.96. The van der Waals surface area contributed by atoms with Crippen molar-refractivity contribution in [2.45, 2.75) is 18.6 Å². The van der Waals surface area contributed by atoms with Gasteiger partial charge < -0.3 is 14.8 Å². The van der Waals surface area contributed by atoms with Gasteiger partial charge in [0, 0.05) is 13.0 Å². The number of rotatable bonds is 4. The first-order valence-electron chi connectivity index (χ1n) is 4.31. The van der Waals surface area contributed by atoms with E-state index in [0.29, 0.717) is 19.6 Å². The van der Waals surface area contributed by atoms with Crippen LogP contribution in [0.3, 0.4) is 0 Å². The SMILES string of the molecule is C=CCO[C@H]1CN[C@H](C(=O)OC)C1.Cl. The first kappa shape index (κ1) is 13.4. The first-order chi connectivity index (χ1) is 6.27. The van der Waals surface area contributed by atoms with Crippen molar-refractivity contribution in [3.63, 3.8) is 0 Å². The maximum atomic E-state index is 11.1. The Morgan fingerprint density at radius 1 is 1.71 bits per heavy atom. The topological polar surface area (TPSA) is 47.6 Å². The number of ether oxygens (including phenoxy) is 2. The van der Waals surface area contributed by atoms with E-state index in [1.165, 1.54) is 7.11 Å². The van der Waals surface area contributed by atoms with E-state index in [1.54, 1.807) is 6.08 Å². The van der Waals surface area contributed by atoms with E-state index in [-0.39, 0.29) is 30.5 Å². The number of carbonyl (C=O) groups is 1. The molecule has 1 aliphatic heterocycles. The number of esters is 1. The molecule has 1 N–H and O–H groups in total. The Kier molecular flexibility index (Phi) is 6.53. The number of nitrogens with one attached hydrogen (secondary N) is 1.